The van der Waals surface area contributed by atoms with Gasteiger partial charge in [0.1, 0.15) is 11.5 Å². The number of hydrazine groups is 1. The van der Waals surface area contributed by atoms with Gasteiger partial charge < -0.3 is 4.42 Å². The van der Waals surface area contributed by atoms with Gasteiger partial charge in [-0.2, -0.15) is 0 Å². The van der Waals surface area contributed by atoms with Gasteiger partial charge in [0, 0.05) is 21.3 Å². The van der Waals surface area contributed by atoms with Crippen LogP contribution < -0.4 is 11.3 Å². The normalized spacial score (nSPS) is 12.9. The molecule has 0 aliphatic heterocycles. The second-order valence-corrected chi connectivity index (χ2v) is 6.22. The average molecular weight is 329 g/mol. The van der Waals surface area contributed by atoms with Gasteiger partial charge in [0.05, 0.1) is 6.04 Å². The predicted molar refractivity (Wildman–Crippen MR) is 78.7 cm³/mol. The van der Waals surface area contributed by atoms with E-state index in [0.29, 0.717) is 0 Å². The number of rotatable bonds is 4. The molecule has 2 aromatic rings. The lowest BCUT2D eigenvalue weighted by molar-refractivity contribution is 0.485. The van der Waals surface area contributed by atoms with Crippen molar-refractivity contribution in [1.82, 2.24) is 5.43 Å². The molecule has 3 nitrogen and oxygen atoms in total. The van der Waals surface area contributed by atoms with Crippen LogP contribution in [0.5, 0.6) is 0 Å². The highest BCUT2D eigenvalue weighted by Gasteiger charge is 2.21. The predicted octanol–water partition coefficient (Wildman–Crippen LogP) is 3.78. The van der Waals surface area contributed by atoms with E-state index in [1.54, 1.807) is 11.3 Å². The van der Waals surface area contributed by atoms with Gasteiger partial charge in [-0.15, -0.1) is 11.3 Å². The van der Waals surface area contributed by atoms with Crippen LogP contribution in [-0.2, 0) is 6.42 Å². The molecule has 1 unspecified atom stereocenters. The molecule has 2 aromatic heterocycles. The SMILES string of the molecule is Cc1oc(C)c(C(Cc2sccc2Br)NN)c1C. The van der Waals surface area contributed by atoms with E-state index < -0.39 is 0 Å². The smallest absolute Gasteiger partial charge is 0.106 e. The standard InChI is InChI=1S/C13H17BrN2OS/c1-7-8(2)17-9(3)13(7)11(16-15)6-12-10(14)4-5-18-12/h4-5,11,16H,6,15H2,1-3H3. The van der Waals surface area contributed by atoms with E-state index in [1.807, 2.05) is 13.8 Å². The quantitative estimate of drug-likeness (QED) is 0.663. The molecule has 0 aromatic carbocycles. The zero-order chi connectivity index (χ0) is 13.3. The number of nitrogens with two attached hydrogens (primary N) is 1. The number of aryl methyl sites for hydroxylation is 2. The summed E-state index contributed by atoms with van der Waals surface area (Å²) in [5.74, 6) is 7.63. The van der Waals surface area contributed by atoms with E-state index in [9.17, 15) is 0 Å². The van der Waals surface area contributed by atoms with E-state index in [2.05, 4.69) is 39.7 Å². The van der Waals surface area contributed by atoms with Crippen LogP contribution in [0.4, 0.5) is 0 Å². The summed E-state index contributed by atoms with van der Waals surface area (Å²) in [7, 11) is 0. The van der Waals surface area contributed by atoms with E-state index in [4.69, 9.17) is 10.3 Å². The van der Waals surface area contributed by atoms with Crippen LogP contribution in [-0.4, -0.2) is 0 Å². The maximum absolute atomic E-state index is 5.72. The van der Waals surface area contributed by atoms with Crippen LogP contribution in [0.1, 0.15) is 33.6 Å². The highest BCUT2D eigenvalue weighted by Crippen LogP contribution is 2.32. The molecule has 0 amide bonds. The second kappa shape index (κ2) is 5.57. The molecule has 0 aliphatic rings. The maximum atomic E-state index is 5.72. The third-order valence-corrected chi connectivity index (χ3v) is 5.20. The fourth-order valence-corrected chi connectivity index (χ4v) is 3.78. The van der Waals surface area contributed by atoms with Crippen LogP contribution in [0.2, 0.25) is 0 Å². The fraction of sp³-hybridized carbons (Fsp3) is 0.385. The molecule has 0 saturated heterocycles. The van der Waals surface area contributed by atoms with Gasteiger partial charge in [0.2, 0.25) is 0 Å². The summed E-state index contributed by atoms with van der Waals surface area (Å²) in [6.45, 7) is 6.05. The maximum Gasteiger partial charge on any atom is 0.106 e. The Kier molecular flexibility index (Phi) is 4.27. The van der Waals surface area contributed by atoms with Crippen molar-refractivity contribution in [1.29, 1.82) is 0 Å². The molecule has 18 heavy (non-hydrogen) atoms. The lowest BCUT2D eigenvalue weighted by Gasteiger charge is -2.16. The molecule has 98 valence electrons. The summed E-state index contributed by atoms with van der Waals surface area (Å²) >= 11 is 5.29. The molecule has 0 saturated carbocycles. The lowest BCUT2D eigenvalue weighted by Crippen LogP contribution is -2.30. The third-order valence-electron chi connectivity index (χ3n) is 3.25. The molecule has 2 heterocycles. The summed E-state index contributed by atoms with van der Waals surface area (Å²) < 4.78 is 6.82. The monoisotopic (exact) mass is 328 g/mol. The van der Waals surface area contributed by atoms with Crippen molar-refractivity contribution in [3.05, 3.63) is 43.4 Å². The summed E-state index contributed by atoms with van der Waals surface area (Å²) in [5, 5.41) is 2.08. The topological polar surface area (TPSA) is 51.2 Å². The molecular weight excluding hydrogens is 312 g/mol. The minimum atomic E-state index is 0.0809. The van der Waals surface area contributed by atoms with Crippen molar-refractivity contribution < 1.29 is 4.42 Å². The van der Waals surface area contributed by atoms with E-state index in [0.717, 1.165) is 22.4 Å². The van der Waals surface area contributed by atoms with Crippen molar-refractivity contribution >= 4 is 27.3 Å². The molecular formula is C13H17BrN2OS. The average Bonchev–Trinajstić information content (AvgIpc) is 2.83. The van der Waals surface area contributed by atoms with E-state index >= 15 is 0 Å². The Morgan fingerprint density at radius 2 is 2.11 bits per heavy atom. The number of hydrogen-bond acceptors (Lipinski definition) is 4. The molecule has 1 atom stereocenters. The van der Waals surface area contributed by atoms with Crippen LogP contribution in [0.3, 0.4) is 0 Å². The highest BCUT2D eigenvalue weighted by molar-refractivity contribution is 9.10. The lowest BCUT2D eigenvalue weighted by atomic mass is 9.99. The van der Waals surface area contributed by atoms with Gasteiger partial charge in [-0.1, -0.05) is 0 Å². The van der Waals surface area contributed by atoms with Gasteiger partial charge in [0.25, 0.3) is 0 Å². The summed E-state index contributed by atoms with van der Waals surface area (Å²) in [6, 6.07) is 2.14. The Hall–Kier alpha value is -0.620. The Bertz CT molecular complexity index is 547. The van der Waals surface area contributed by atoms with Crippen LogP contribution in [0, 0.1) is 20.8 Å². The third kappa shape index (κ3) is 2.54. The zero-order valence-corrected chi connectivity index (χ0v) is 13.1. The minimum absolute atomic E-state index is 0.0809. The Labute approximate surface area is 119 Å². The Balaban J connectivity index is 2.31. The molecule has 0 aliphatic carbocycles. The largest absolute Gasteiger partial charge is 0.466 e. The molecule has 0 fully saturated rings. The minimum Gasteiger partial charge on any atom is -0.466 e. The van der Waals surface area contributed by atoms with Crippen LogP contribution >= 0.6 is 27.3 Å². The molecule has 0 spiro atoms. The van der Waals surface area contributed by atoms with Crippen molar-refractivity contribution in [3.63, 3.8) is 0 Å². The first kappa shape index (κ1) is 13.8. The summed E-state index contributed by atoms with van der Waals surface area (Å²) in [4.78, 5) is 1.29. The molecule has 2 rings (SSSR count). The number of nitrogens with one attached hydrogen (secondary N) is 1. The number of furan rings is 1. The van der Waals surface area contributed by atoms with Crippen molar-refractivity contribution in [2.24, 2.45) is 5.84 Å². The molecule has 0 radical (unpaired) electrons. The van der Waals surface area contributed by atoms with Crippen molar-refractivity contribution in [2.45, 2.75) is 33.2 Å². The van der Waals surface area contributed by atoms with Gasteiger partial charge in [-0.3, -0.25) is 11.3 Å². The Morgan fingerprint density at radius 1 is 1.39 bits per heavy atom. The van der Waals surface area contributed by atoms with Crippen LogP contribution in [0.25, 0.3) is 0 Å². The van der Waals surface area contributed by atoms with Gasteiger partial charge in [-0.05, 0) is 53.7 Å². The van der Waals surface area contributed by atoms with Gasteiger partial charge in [0.15, 0.2) is 0 Å². The van der Waals surface area contributed by atoms with Crippen molar-refractivity contribution in [3.8, 4) is 0 Å². The first-order valence-corrected chi connectivity index (χ1v) is 7.46. The fourth-order valence-electron chi connectivity index (χ4n) is 2.22. The molecule has 5 heteroatoms. The number of thiophene rings is 1. The van der Waals surface area contributed by atoms with Gasteiger partial charge >= 0.3 is 0 Å². The number of hydrogen-bond donors (Lipinski definition) is 2. The first-order valence-electron chi connectivity index (χ1n) is 5.79. The molecule has 0 bridgehead atoms. The highest BCUT2D eigenvalue weighted by atomic mass is 79.9. The number of halogens is 1. The summed E-state index contributed by atoms with van der Waals surface area (Å²) in [6.07, 6.45) is 0.857. The van der Waals surface area contributed by atoms with Gasteiger partial charge in [-0.25, -0.2) is 0 Å². The summed E-state index contributed by atoms with van der Waals surface area (Å²) in [5.41, 5.74) is 5.26. The second-order valence-electron chi connectivity index (χ2n) is 4.37. The first-order chi connectivity index (χ1) is 8.54. The van der Waals surface area contributed by atoms with Crippen LogP contribution in [0.15, 0.2) is 20.3 Å². The van der Waals surface area contributed by atoms with E-state index in [1.165, 1.54) is 16.0 Å². The van der Waals surface area contributed by atoms with E-state index in [-0.39, 0.29) is 6.04 Å². The molecule has 3 N–H and O–H groups in total. The Morgan fingerprint density at radius 3 is 2.56 bits per heavy atom. The zero-order valence-electron chi connectivity index (χ0n) is 10.7. The van der Waals surface area contributed by atoms with Crippen molar-refractivity contribution in [2.75, 3.05) is 0 Å².